The molecule has 2 N–H and O–H groups in total. The van der Waals surface area contributed by atoms with Crippen molar-refractivity contribution in [2.45, 2.75) is 25.9 Å². The number of carbonyl (C=O) groups is 1. The monoisotopic (exact) mass is 374 g/mol. The highest BCUT2D eigenvalue weighted by atomic mass is 16.1. The van der Waals surface area contributed by atoms with Crippen molar-refractivity contribution in [1.82, 2.24) is 20.4 Å². The van der Waals surface area contributed by atoms with Crippen LogP contribution in [-0.2, 0) is 6.54 Å². The van der Waals surface area contributed by atoms with E-state index in [0.29, 0.717) is 18.0 Å². The first kappa shape index (κ1) is 18.4. The van der Waals surface area contributed by atoms with Crippen molar-refractivity contribution in [3.8, 4) is 11.3 Å². The SMILES string of the molecule is CC1CNCCC1NC(=O)c1cn(Cc2ccccc2)nc1-c1ccccc1. The molecule has 0 radical (unpaired) electrons. The van der Waals surface area contributed by atoms with E-state index in [1.54, 1.807) is 0 Å². The van der Waals surface area contributed by atoms with E-state index in [1.165, 1.54) is 0 Å². The van der Waals surface area contributed by atoms with Gasteiger partial charge in [0.2, 0.25) is 0 Å². The van der Waals surface area contributed by atoms with Crippen LogP contribution in [0.2, 0.25) is 0 Å². The Kier molecular flexibility index (Phi) is 5.53. The number of aromatic nitrogens is 2. The average molecular weight is 374 g/mol. The van der Waals surface area contributed by atoms with E-state index in [2.05, 4.69) is 29.7 Å². The van der Waals surface area contributed by atoms with Gasteiger partial charge in [-0.25, -0.2) is 0 Å². The van der Waals surface area contributed by atoms with Crippen LogP contribution < -0.4 is 10.6 Å². The van der Waals surface area contributed by atoms with Crippen LogP contribution in [0.4, 0.5) is 0 Å². The third kappa shape index (κ3) is 4.15. The van der Waals surface area contributed by atoms with E-state index in [-0.39, 0.29) is 11.9 Å². The molecule has 2 atom stereocenters. The molecule has 3 aromatic rings. The van der Waals surface area contributed by atoms with Crippen LogP contribution in [0, 0.1) is 5.92 Å². The third-order valence-corrected chi connectivity index (χ3v) is 5.34. The maximum atomic E-state index is 13.1. The fourth-order valence-electron chi connectivity index (χ4n) is 3.72. The van der Waals surface area contributed by atoms with Gasteiger partial charge in [-0.3, -0.25) is 9.48 Å². The molecule has 2 unspecified atom stereocenters. The van der Waals surface area contributed by atoms with Gasteiger partial charge in [-0.15, -0.1) is 0 Å². The molecule has 1 amide bonds. The molecule has 5 nitrogen and oxygen atoms in total. The molecular formula is C23H26N4O. The summed E-state index contributed by atoms with van der Waals surface area (Å²) in [5.74, 6) is 0.370. The Labute approximate surface area is 165 Å². The second kappa shape index (κ2) is 8.40. The second-order valence-electron chi connectivity index (χ2n) is 7.49. The largest absolute Gasteiger partial charge is 0.349 e. The first-order chi connectivity index (χ1) is 13.7. The van der Waals surface area contributed by atoms with Crippen molar-refractivity contribution >= 4 is 5.91 Å². The molecule has 0 spiro atoms. The Balaban J connectivity index is 1.63. The highest BCUT2D eigenvalue weighted by Crippen LogP contribution is 2.23. The standard InChI is InChI=1S/C23H26N4O/c1-17-14-24-13-12-21(17)25-23(28)20-16-27(15-18-8-4-2-5-9-18)26-22(20)19-10-6-3-7-11-19/h2-11,16-17,21,24H,12-15H2,1H3,(H,25,28). The smallest absolute Gasteiger partial charge is 0.255 e. The molecule has 4 rings (SSSR count). The molecule has 5 heteroatoms. The Morgan fingerprint density at radius 2 is 1.86 bits per heavy atom. The van der Waals surface area contributed by atoms with Gasteiger partial charge >= 0.3 is 0 Å². The van der Waals surface area contributed by atoms with Crippen LogP contribution in [0.1, 0.15) is 29.3 Å². The van der Waals surface area contributed by atoms with Crippen molar-refractivity contribution in [3.05, 3.63) is 78.0 Å². The van der Waals surface area contributed by atoms with Crippen LogP contribution in [0.25, 0.3) is 11.3 Å². The minimum Gasteiger partial charge on any atom is -0.349 e. The average Bonchev–Trinajstić information content (AvgIpc) is 3.15. The summed E-state index contributed by atoms with van der Waals surface area (Å²) in [5, 5.41) is 11.4. The van der Waals surface area contributed by atoms with Gasteiger partial charge in [0.15, 0.2) is 0 Å². The summed E-state index contributed by atoms with van der Waals surface area (Å²) in [6, 6.07) is 20.3. The second-order valence-corrected chi connectivity index (χ2v) is 7.49. The molecule has 1 fully saturated rings. The minimum absolute atomic E-state index is 0.0445. The van der Waals surface area contributed by atoms with Crippen molar-refractivity contribution in [1.29, 1.82) is 0 Å². The molecule has 1 aliphatic heterocycles. The van der Waals surface area contributed by atoms with Gasteiger partial charge in [0.05, 0.1) is 12.1 Å². The van der Waals surface area contributed by atoms with Gasteiger partial charge in [0.25, 0.3) is 5.91 Å². The van der Waals surface area contributed by atoms with Crippen LogP contribution in [0.3, 0.4) is 0 Å². The Morgan fingerprint density at radius 1 is 1.14 bits per heavy atom. The van der Waals surface area contributed by atoms with E-state index in [0.717, 1.165) is 36.3 Å². The van der Waals surface area contributed by atoms with Crippen molar-refractivity contribution in [2.24, 2.45) is 5.92 Å². The zero-order chi connectivity index (χ0) is 19.3. The van der Waals surface area contributed by atoms with Crippen molar-refractivity contribution in [3.63, 3.8) is 0 Å². The van der Waals surface area contributed by atoms with Gasteiger partial charge in [0.1, 0.15) is 5.69 Å². The fraction of sp³-hybridized carbons (Fsp3) is 0.304. The first-order valence-electron chi connectivity index (χ1n) is 9.89. The van der Waals surface area contributed by atoms with Crippen molar-refractivity contribution < 1.29 is 4.79 Å². The summed E-state index contributed by atoms with van der Waals surface area (Å²) in [6.07, 6.45) is 2.82. The zero-order valence-corrected chi connectivity index (χ0v) is 16.1. The zero-order valence-electron chi connectivity index (χ0n) is 16.1. The minimum atomic E-state index is -0.0445. The van der Waals surface area contributed by atoms with Crippen molar-refractivity contribution in [2.75, 3.05) is 13.1 Å². The maximum Gasteiger partial charge on any atom is 0.255 e. The lowest BCUT2D eigenvalue weighted by Crippen LogP contribution is -2.48. The van der Waals surface area contributed by atoms with E-state index in [1.807, 2.05) is 59.4 Å². The molecule has 1 aromatic heterocycles. The van der Waals surface area contributed by atoms with E-state index < -0.39 is 0 Å². The molecule has 0 bridgehead atoms. The molecule has 28 heavy (non-hydrogen) atoms. The number of amides is 1. The quantitative estimate of drug-likeness (QED) is 0.720. The highest BCUT2D eigenvalue weighted by molar-refractivity contribution is 6.00. The van der Waals surface area contributed by atoms with Gasteiger partial charge in [-0.1, -0.05) is 67.6 Å². The summed E-state index contributed by atoms with van der Waals surface area (Å²) < 4.78 is 1.86. The maximum absolute atomic E-state index is 13.1. The Hall–Kier alpha value is -2.92. The number of piperidine rings is 1. The lowest BCUT2D eigenvalue weighted by Gasteiger charge is -2.30. The Bertz CT molecular complexity index is 920. The summed E-state index contributed by atoms with van der Waals surface area (Å²) in [6.45, 7) is 4.68. The van der Waals surface area contributed by atoms with Crippen LogP contribution in [-0.4, -0.2) is 34.8 Å². The topological polar surface area (TPSA) is 58.9 Å². The van der Waals surface area contributed by atoms with Gasteiger partial charge in [0, 0.05) is 17.8 Å². The predicted octanol–water partition coefficient (Wildman–Crippen LogP) is 3.33. The molecule has 2 aromatic carbocycles. The summed E-state index contributed by atoms with van der Waals surface area (Å²) in [5.41, 5.74) is 3.48. The van der Waals surface area contributed by atoms with Crippen LogP contribution >= 0.6 is 0 Å². The van der Waals surface area contributed by atoms with E-state index >= 15 is 0 Å². The summed E-state index contributed by atoms with van der Waals surface area (Å²) in [7, 11) is 0. The number of hydrogen-bond acceptors (Lipinski definition) is 3. The van der Waals surface area contributed by atoms with Gasteiger partial charge < -0.3 is 10.6 Å². The van der Waals surface area contributed by atoms with Crippen LogP contribution in [0.15, 0.2) is 66.9 Å². The number of nitrogens with zero attached hydrogens (tertiary/aromatic N) is 2. The van der Waals surface area contributed by atoms with E-state index in [4.69, 9.17) is 5.10 Å². The van der Waals surface area contributed by atoms with Gasteiger partial charge in [-0.2, -0.15) is 5.10 Å². The molecule has 1 saturated heterocycles. The Morgan fingerprint density at radius 3 is 2.57 bits per heavy atom. The number of benzene rings is 2. The first-order valence-corrected chi connectivity index (χ1v) is 9.89. The van der Waals surface area contributed by atoms with Gasteiger partial charge in [-0.05, 0) is 31.0 Å². The molecule has 144 valence electrons. The van der Waals surface area contributed by atoms with Crippen LogP contribution in [0.5, 0.6) is 0 Å². The fourth-order valence-corrected chi connectivity index (χ4v) is 3.72. The summed E-state index contributed by atoms with van der Waals surface area (Å²) >= 11 is 0. The number of rotatable bonds is 5. The number of nitrogens with one attached hydrogen (secondary N) is 2. The lowest BCUT2D eigenvalue weighted by molar-refractivity contribution is 0.0915. The lowest BCUT2D eigenvalue weighted by atomic mass is 9.95. The molecule has 1 aliphatic rings. The molecule has 0 aliphatic carbocycles. The summed E-state index contributed by atoms with van der Waals surface area (Å²) in [4.78, 5) is 13.1. The molecule has 0 saturated carbocycles. The number of carbonyl (C=O) groups excluding carboxylic acids is 1. The van der Waals surface area contributed by atoms with E-state index in [9.17, 15) is 4.79 Å². The highest BCUT2D eigenvalue weighted by Gasteiger charge is 2.25. The number of hydrogen-bond donors (Lipinski definition) is 2. The molecule has 2 heterocycles. The predicted molar refractivity (Wildman–Crippen MR) is 111 cm³/mol. The molecular weight excluding hydrogens is 348 g/mol. The normalized spacial score (nSPS) is 19.3. The third-order valence-electron chi connectivity index (χ3n) is 5.34.